The summed E-state index contributed by atoms with van der Waals surface area (Å²) in [5.74, 6) is 0.0747. The van der Waals surface area contributed by atoms with Gasteiger partial charge in [-0.3, -0.25) is 4.79 Å². The van der Waals surface area contributed by atoms with Gasteiger partial charge >= 0.3 is 0 Å². The molecule has 0 fully saturated rings. The zero-order valence-corrected chi connectivity index (χ0v) is 13.0. The van der Waals surface area contributed by atoms with Gasteiger partial charge in [-0.2, -0.15) is 0 Å². The molecule has 0 aliphatic carbocycles. The van der Waals surface area contributed by atoms with Crippen LogP contribution in [0.4, 0.5) is 0 Å². The number of thiazole rings is 1. The Morgan fingerprint density at radius 2 is 2.05 bits per heavy atom. The van der Waals surface area contributed by atoms with E-state index in [4.69, 9.17) is 0 Å². The first kappa shape index (κ1) is 14.7. The Bertz CT molecular complexity index is 577. The number of benzene rings is 1. The standard InChI is InChI=1S/C16H20N2OS/c1-4-11(2)17-15(19)10-14-12(3)18-16(20-14)13-8-6-5-7-9-13/h5-9,11H,4,10H2,1-3H3,(H,17,19). The summed E-state index contributed by atoms with van der Waals surface area (Å²) in [7, 11) is 0. The van der Waals surface area contributed by atoms with Crippen LogP contribution in [0.15, 0.2) is 30.3 Å². The molecule has 4 heteroatoms. The van der Waals surface area contributed by atoms with Gasteiger partial charge in [0.05, 0.1) is 12.1 Å². The Kier molecular flexibility index (Phi) is 4.90. The maximum absolute atomic E-state index is 11.9. The number of hydrogen-bond acceptors (Lipinski definition) is 3. The van der Waals surface area contributed by atoms with Crippen LogP contribution in [0.5, 0.6) is 0 Å². The van der Waals surface area contributed by atoms with Gasteiger partial charge in [-0.15, -0.1) is 11.3 Å². The van der Waals surface area contributed by atoms with Crippen LogP contribution in [-0.2, 0) is 11.2 Å². The van der Waals surface area contributed by atoms with Crippen LogP contribution >= 0.6 is 11.3 Å². The lowest BCUT2D eigenvalue weighted by Gasteiger charge is -2.10. The predicted molar refractivity (Wildman–Crippen MR) is 83.9 cm³/mol. The van der Waals surface area contributed by atoms with Crippen LogP contribution in [0.3, 0.4) is 0 Å². The van der Waals surface area contributed by atoms with E-state index in [0.717, 1.165) is 27.6 Å². The Labute approximate surface area is 124 Å². The quantitative estimate of drug-likeness (QED) is 0.913. The molecule has 3 nitrogen and oxygen atoms in total. The van der Waals surface area contributed by atoms with Crippen LogP contribution in [-0.4, -0.2) is 16.9 Å². The average Bonchev–Trinajstić information content (AvgIpc) is 2.81. The molecule has 0 bridgehead atoms. The molecule has 0 saturated heterocycles. The molecule has 1 unspecified atom stereocenters. The Morgan fingerprint density at radius 1 is 1.35 bits per heavy atom. The zero-order valence-electron chi connectivity index (χ0n) is 12.1. The van der Waals surface area contributed by atoms with E-state index < -0.39 is 0 Å². The fourth-order valence-corrected chi connectivity index (χ4v) is 2.94. The second-order valence-electron chi connectivity index (χ2n) is 4.95. The van der Waals surface area contributed by atoms with Crippen molar-refractivity contribution >= 4 is 17.2 Å². The van der Waals surface area contributed by atoms with Crippen molar-refractivity contribution < 1.29 is 4.79 Å². The fourth-order valence-electron chi connectivity index (χ4n) is 1.87. The molecular formula is C16H20N2OS. The van der Waals surface area contributed by atoms with E-state index in [0.29, 0.717) is 6.42 Å². The van der Waals surface area contributed by atoms with Crippen molar-refractivity contribution in [2.75, 3.05) is 0 Å². The fraction of sp³-hybridized carbons (Fsp3) is 0.375. The van der Waals surface area contributed by atoms with Crippen LogP contribution in [0.1, 0.15) is 30.8 Å². The van der Waals surface area contributed by atoms with Crippen molar-refractivity contribution in [1.29, 1.82) is 0 Å². The largest absolute Gasteiger partial charge is 0.353 e. The maximum atomic E-state index is 11.9. The van der Waals surface area contributed by atoms with Crippen molar-refractivity contribution in [3.63, 3.8) is 0 Å². The van der Waals surface area contributed by atoms with Crippen LogP contribution in [0.25, 0.3) is 10.6 Å². The third-order valence-corrected chi connectivity index (χ3v) is 4.46. The molecule has 1 N–H and O–H groups in total. The molecule has 1 heterocycles. The molecule has 0 aliphatic rings. The highest BCUT2D eigenvalue weighted by Crippen LogP contribution is 2.27. The first-order valence-corrected chi connectivity index (χ1v) is 7.73. The van der Waals surface area contributed by atoms with Gasteiger partial charge in [-0.1, -0.05) is 37.3 Å². The van der Waals surface area contributed by atoms with Gasteiger partial charge in [0.1, 0.15) is 5.01 Å². The number of rotatable bonds is 5. The number of nitrogens with one attached hydrogen (secondary N) is 1. The summed E-state index contributed by atoms with van der Waals surface area (Å²) >= 11 is 1.60. The van der Waals surface area contributed by atoms with E-state index in [-0.39, 0.29) is 11.9 Å². The molecule has 20 heavy (non-hydrogen) atoms. The molecule has 1 atom stereocenters. The lowest BCUT2D eigenvalue weighted by atomic mass is 10.2. The van der Waals surface area contributed by atoms with Gasteiger partial charge in [-0.05, 0) is 20.3 Å². The Morgan fingerprint density at radius 3 is 2.70 bits per heavy atom. The lowest BCUT2D eigenvalue weighted by molar-refractivity contribution is -0.121. The SMILES string of the molecule is CCC(C)NC(=O)Cc1sc(-c2ccccc2)nc1C. The molecule has 0 spiro atoms. The highest BCUT2D eigenvalue weighted by Gasteiger charge is 2.13. The van der Waals surface area contributed by atoms with E-state index in [1.54, 1.807) is 11.3 Å². The third kappa shape index (κ3) is 3.67. The molecule has 106 valence electrons. The highest BCUT2D eigenvalue weighted by atomic mass is 32.1. The summed E-state index contributed by atoms with van der Waals surface area (Å²) in [6, 6.07) is 10.3. The maximum Gasteiger partial charge on any atom is 0.225 e. The third-order valence-electron chi connectivity index (χ3n) is 3.25. The molecule has 2 rings (SSSR count). The molecule has 2 aromatic rings. The van der Waals surface area contributed by atoms with E-state index in [2.05, 4.69) is 17.2 Å². The summed E-state index contributed by atoms with van der Waals surface area (Å²) in [5, 5.41) is 3.98. The van der Waals surface area contributed by atoms with E-state index in [1.165, 1.54) is 0 Å². The number of aryl methyl sites for hydroxylation is 1. The average molecular weight is 288 g/mol. The summed E-state index contributed by atoms with van der Waals surface area (Å²) in [6.45, 7) is 6.05. The Hall–Kier alpha value is -1.68. The number of aromatic nitrogens is 1. The smallest absolute Gasteiger partial charge is 0.225 e. The lowest BCUT2D eigenvalue weighted by Crippen LogP contribution is -2.33. The van der Waals surface area contributed by atoms with Gasteiger partial charge in [0, 0.05) is 16.5 Å². The van der Waals surface area contributed by atoms with Gasteiger partial charge < -0.3 is 5.32 Å². The minimum atomic E-state index is 0.0747. The van der Waals surface area contributed by atoms with Crippen molar-refractivity contribution in [3.8, 4) is 10.6 Å². The van der Waals surface area contributed by atoms with Gasteiger partial charge in [0.2, 0.25) is 5.91 Å². The van der Waals surface area contributed by atoms with Gasteiger partial charge in [0.15, 0.2) is 0 Å². The molecule has 1 aromatic heterocycles. The van der Waals surface area contributed by atoms with E-state index in [9.17, 15) is 4.79 Å². The van der Waals surface area contributed by atoms with Crippen LogP contribution in [0, 0.1) is 6.92 Å². The van der Waals surface area contributed by atoms with Crippen molar-refractivity contribution in [3.05, 3.63) is 40.9 Å². The highest BCUT2D eigenvalue weighted by molar-refractivity contribution is 7.15. The van der Waals surface area contributed by atoms with Crippen LogP contribution in [0.2, 0.25) is 0 Å². The monoisotopic (exact) mass is 288 g/mol. The molecule has 0 radical (unpaired) electrons. The molecule has 1 amide bonds. The molecule has 0 saturated carbocycles. The normalized spacial score (nSPS) is 12.2. The first-order chi connectivity index (χ1) is 9.60. The van der Waals surface area contributed by atoms with Crippen molar-refractivity contribution in [1.82, 2.24) is 10.3 Å². The van der Waals surface area contributed by atoms with Crippen molar-refractivity contribution in [2.45, 2.75) is 39.7 Å². The summed E-state index contributed by atoms with van der Waals surface area (Å²) in [6.07, 6.45) is 1.36. The number of nitrogens with zero attached hydrogens (tertiary/aromatic N) is 1. The first-order valence-electron chi connectivity index (χ1n) is 6.91. The predicted octanol–water partition coefficient (Wildman–Crippen LogP) is 3.58. The number of carbonyl (C=O) groups is 1. The van der Waals surface area contributed by atoms with Crippen LogP contribution < -0.4 is 5.32 Å². The Balaban J connectivity index is 2.10. The second kappa shape index (κ2) is 6.66. The van der Waals surface area contributed by atoms with E-state index in [1.807, 2.05) is 44.2 Å². The van der Waals surface area contributed by atoms with Crippen molar-refractivity contribution in [2.24, 2.45) is 0 Å². The van der Waals surface area contributed by atoms with E-state index >= 15 is 0 Å². The summed E-state index contributed by atoms with van der Waals surface area (Å²) in [5.41, 5.74) is 2.06. The minimum absolute atomic E-state index is 0.0747. The number of carbonyl (C=O) groups excluding carboxylic acids is 1. The molecular weight excluding hydrogens is 268 g/mol. The molecule has 1 aromatic carbocycles. The van der Waals surface area contributed by atoms with Gasteiger partial charge in [-0.25, -0.2) is 4.98 Å². The summed E-state index contributed by atoms with van der Waals surface area (Å²) in [4.78, 5) is 17.6. The minimum Gasteiger partial charge on any atom is -0.353 e. The number of hydrogen-bond donors (Lipinski definition) is 1. The number of amides is 1. The molecule has 0 aliphatic heterocycles. The second-order valence-corrected chi connectivity index (χ2v) is 6.03. The van der Waals surface area contributed by atoms with Gasteiger partial charge in [0.25, 0.3) is 0 Å². The zero-order chi connectivity index (χ0) is 14.5. The topological polar surface area (TPSA) is 42.0 Å². The summed E-state index contributed by atoms with van der Waals surface area (Å²) < 4.78 is 0.